The summed E-state index contributed by atoms with van der Waals surface area (Å²) in [5.74, 6) is 0.791. The van der Waals surface area contributed by atoms with Gasteiger partial charge in [0.2, 0.25) is 0 Å². The highest BCUT2D eigenvalue weighted by Crippen LogP contribution is 2.33. The van der Waals surface area contributed by atoms with E-state index in [1.54, 1.807) is 0 Å². The van der Waals surface area contributed by atoms with Crippen molar-refractivity contribution in [2.45, 2.75) is 38.0 Å². The summed E-state index contributed by atoms with van der Waals surface area (Å²) in [6.07, 6.45) is 8.80. The molecule has 94 valence electrons. The predicted molar refractivity (Wildman–Crippen MR) is 74.5 cm³/mol. The lowest BCUT2D eigenvalue weighted by Crippen LogP contribution is -2.04. The summed E-state index contributed by atoms with van der Waals surface area (Å²) in [5, 5.41) is 4.22. The van der Waals surface area contributed by atoms with Crippen molar-refractivity contribution < 1.29 is 0 Å². The first-order valence-electron chi connectivity index (χ1n) is 6.93. The molecule has 0 bridgehead atoms. The van der Waals surface area contributed by atoms with E-state index in [0.717, 1.165) is 5.92 Å². The quantitative estimate of drug-likeness (QED) is 0.771. The first-order chi connectivity index (χ1) is 8.84. The van der Waals surface area contributed by atoms with Crippen LogP contribution in [-0.4, -0.2) is 9.78 Å². The molecule has 0 N–H and O–H groups in total. The minimum absolute atomic E-state index is 0.791. The van der Waals surface area contributed by atoms with E-state index in [9.17, 15) is 0 Å². The zero-order chi connectivity index (χ0) is 12.4. The molecule has 2 nitrogen and oxygen atoms in total. The molecule has 2 aromatic rings. The van der Waals surface area contributed by atoms with Crippen LogP contribution in [0.25, 0.3) is 11.3 Å². The van der Waals surface area contributed by atoms with Crippen LogP contribution in [0.4, 0.5) is 0 Å². The van der Waals surface area contributed by atoms with Crippen molar-refractivity contribution in [3.63, 3.8) is 0 Å². The fourth-order valence-corrected chi connectivity index (χ4v) is 3.02. The van der Waals surface area contributed by atoms with Crippen molar-refractivity contribution >= 4 is 0 Å². The first kappa shape index (κ1) is 11.5. The van der Waals surface area contributed by atoms with Crippen LogP contribution in [0.3, 0.4) is 0 Å². The maximum Gasteiger partial charge on any atom is 0.0678 e. The number of aryl methyl sites for hydroxylation is 1. The van der Waals surface area contributed by atoms with Crippen LogP contribution in [0.2, 0.25) is 0 Å². The minimum Gasteiger partial charge on any atom is -0.268 e. The fourth-order valence-electron chi connectivity index (χ4n) is 3.02. The summed E-state index contributed by atoms with van der Waals surface area (Å²) < 4.78 is 1.93. The van der Waals surface area contributed by atoms with Gasteiger partial charge in [0.15, 0.2) is 0 Å². The van der Waals surface area contributed by atoms with Crippen LogP contribution < -0.4 is 0 Å². The van der Waals surface area contributed by atoms with Gasteiger partial charge in [0.25, 0.3) is 0 Å². The van der Waals surface area contributed by atoms with Gasteiger partial charge in [0, 0.05) is 13.2 Å². The van der Waals surface area contributed by atoms with Crippen LogP contribution in [-0.2, 0) is 7.05 Å². The molecule has 18 heavy (non-hydrogen) atoms. The molecule has 0 spiro atoms. The van der Waals surface area contributed by atoms with Crippen molar-refractivity contribution in [3.05, 3.63) is 42.1 Å². The molecule has 0 atom stereocenters. The molecule has 1 fully saturated rings. The molecule has 1 aromatic carbocycles. The van der Waals surface area contributed by atoms with Crippen LogP contribution in [0.1, 0.15) is 43.6 Å². The summed E-state index contributed by atoms with van der Waals surface area (Å²) in [6.45, 7) is 0. The van der Waals surface area contributed by atoms with E-state index in [4.69, 9.17) is 0 Å². The molecular formula is C16H20N2. The van der Waals surface area contributed by atoms with Crippen molar-refractivity contribution in [2.75, 3.05) is 0 Å². The normalized spacial score (nSPS) is 16.9. The SMILES string of the molecule is Cn1nccc1-c1ccc(C2CCCCC2)cc1. The molecule has 0 radical (unpaired) electrons. The predicted octanol–water partition coefficient (Wildman–Crippen LogP) is 4.13. The Kier molecular flexibility index (Phi) is 3.18. The van der Waals surface area contributed by atoms with Crippen molar-refractivity contribution in [1.82, 2.24) is 9.78 Å². The topological polar surface area (TPSA) is 17.8 Å². The minimum atomic E-state index is 0.791. The second-order valence-corrected chi connectivity index (χ2v) is 5.30. The second-order valence-electron chi connectivity index (χ2n) is 5.30. The third kappa shape index (κ3) is 2.20. The van der Waals surface area contributed by atoms with Gasteiger partial charge in [-0.15, -0.1) is 0 Å². The molecule has 0 amide bonds. The largest absolute Gasteiger partial charge is 0.268 e. The maximum atomic E-state index is 4.22. The average molecular weight is 240 g/mol. The van der Waals surface area contributed by atoms with Gasteiger partial charge in [-0.05, 0) is 36.0 Å². The Balaban J connectivity index is 1.82. The van der Waals surface area contributed by atoms with E-state index in [1.807, 2.05) is 17.9 Å². The van der Waals surface area contributed by atoms with Crippen molar-refractivity contribution in [1.29, 1.82) is 0 Å². The molecule has 0 saturated heterocycles. The Morgan fingerprint density at radius 1 is 1.00 bits per heavy atom. The van der Waals surface area contributed by atoms with Crippen LogP contribution >= 0.6 is 0 Å². The van der Waals surface area contributed by atoms with Crippen LogP contribution in [0.5, 0.6) is 0 Å². The molecule has 0 aliphatic heterocycles. The number of hydrogen-bond acceptors (Lipinski definition) is 1. The average Bonchev–Trinajstić information content (AvgIpc) is 2.86. The molecule has 1 aliphatic rings. The molecule has 1 saturated carbocycles. The lowest BCUT2D eigenvalue weighted by atomic mass is 9.84. The molecule has 1 aliphatic carbocycles. The fraction of sp³-hybridized carbons (Fsp3) is 0.438. The highest BCUT2D eigenvalue weighted by atomic mass is 15.2. The summed E-state index contributed by atoms with van der Waals surface area (Å²) >= 11 is 0. The molecule has 1 heterocycles. The molecule has 0 unspecified atom stereocenters. The molecule has 1 aromatic heterocycles. The monoisotopic (exact) mass is 240 g/mol. The van der Waals surface area contributed by atoms with Gasteiger partial charge in [0.05, 0.1) is 5.69 Å². The molecular weight excluding hydrogens is 220 g/mol. The Morgan fingerprint density at radius 2 is 1.72 bits per heavy atom. The lowest BCUT2D eigenvalue weighted by molar-refractivity contribution is 0.443. The van der Waals surface area contributed by atoms with E-state index in [0.29, 0.717) is 0 Å². The Bertz CT molecular complexity index is 504. The van der Waals surface area contributed by atoms with Crippen LogP contribution in [0, 0.1) is 0 Å². The van der Waals surface area contributed by atoms with Gasteiger partial charge in [-0.2, -0.15) is 5.10 Å². The van der Waals surface area contributed by atoms with Gasteiger partial charge < -0.3 is 0 Å². The Labute approximate surface area is 109 Å². The molecule has 2 heteroatoms. The van der Waals surface area contributed by atoms with E-state index in [1.165, 1.54) is 48.9 Å². The highest BCUT2D eigenvalue weighted by Gasteiger charge is 2.15. The second kappa shape index (κ2) is 4.97. The number of aromatic nitrogens is 2. The summed E-state index contributed by atoms with van der Waals surface area (Å²) in [7, 11) is 1.99. The third-order valence-electron chi connectivity index (χ3n) is 4.10. The zero-order valence-electron chi connectivity index (χ0n) is 11.0. The number of nitrogens with zero attached hydrogens (tertiary/aromatic N) is 2. The van der Waals surface area contributed by atoms with E-state index < -0.39 is 0 Å². The van der Waals surface area contributed by atoms with E-state index >= 15 is 0 Å². The first-order valence-corrected chi connectivity index (χ1v) is 6.93. The Hall–Kier alpha value is -1.57. The standard InChI is InChI=1S/C16H20N2/c1-18-16(11-12-17-18)15-9-7-14(8-10-15)13-5-3-2-4-6-13/h7-13H,2-6H2,1H3. The zero-order valence-corrected chi connectivity index (χ0v) is 11.0. The summed E-state index contributed by atoms with van der Waals surface area (Å²) in [4.78, 5) is 0. The number of hydrogen-bond donors (Lipinski definition) is 0. The Morgan fingerprint density at radius 3 is 2.33 bits per heavy atom. The number of rotatable bonds is 2. The highest BCUT2D eigenvalue weighted by molar-refractivity contribution is 5.59. The number of benzene rings is 1. The van der Waals surface area contributed by atoms with Crippen LogP contribution in [0.15, 0.2) is 36.5 Å². The van der Waals surface area contributed by atoms with Gasteiger partial charge >= 0.3 is 0 Å². The molecule has 3 rings (SSSR count). The smallest absolute Gasteiger partial charge is 0.0678 e. The van der Waals surface area contributed by atoms with Gasteiger partial charge in [-0.1, -0.05) is 43.5 Å². The van der Waals surface area contributed by atoms with Crippen molar-refractivity contribution in [2.24, 2.45) is 7.05 Å². The van der Waals surface area contributed by atoms with E-state index in [2.05, 4.69) is 35.4 Å². The lowest BCUT2D eigenvalue weighted by Gasteiger charge is -2.22. The van der Waals surface area contributed by atoms with E-state index in [-0.39, 0.29) is 0 Å². The maximum absolute atomic E-state index is 4.22. The van der Waals surface area contributed by atoms with Crippen molar-refractivity contribution in [3.8, 4) is 11.3 Å². The van der Waals surface area contributed by atoms with Gasteiger partial charge in [0.1, 0.15) is 0 Å². The third-order valence-corrected chi connectivity index (χ3v) is 4.10. The van der Waals surface area contributed by atoms with Gasteiger partial charge in [-0.25, -0.2) is 0 Å². The summed E-state index contributed by atoms with van der Waals surface area (Å²) in [6, 6.07) is 11.1. The van der Waals surface area contributed by atoms with Gasteiger partial charge in [-0.3, -0.25) is 4.68 Å². The summed E-state index contributed by atoms with van der Waals surface area (Å²) in [5.41, 5.74) is 3.96.